The molecular weight excluding hydrogens is 244 g/mol. The first kappa shape index (κ1) is 17.8. The second-order valence-corrected chi connectivity index (χ2v) is 4.87. The molecule has 4 heteroatoms. The first-order valence-corrected chi connectivity index (χ1v) is 7.97. The Labute approximate surface area is 115 Å². The smallest absolute Gasteiger partial charge is 0.279 e. The standard InChI is InChI=1S/C14H30O3Si/c1-5-9-11-15-14(17-18,13(7-3)8-4)16-12-10-6-2/h7,13H,3,5-6,8-12H2,1-2,4,18H3. The molecule has 0 aliphatic carbocycles. The van der Waals surface area contributed by atoms with Gasteiger partial charge in [-0.05, 0) is 19.3 Å². The van der Waals surface area contributed by atoms with Gasteiger partial charge >= 0.3 is 0 Å². The van der Waals surface area contributed by atoms with Crippen molar-refractivity contribution in [3.8, 4) is 0 Å². The van der Waals surface area contributed by atoms with Gasteiger partial charge in [0, 0.05) is 0 Å². The van der Waals surface area contributed by atoms with Crippen LogP contribution in [0.25, 0.3) is 0 Å². The summed E-state index contributed by atoms with van der Waals surface area (Å²) in [7, 11) is 0.592. The minimum atomic E-state index is -0.896. The summed E-state index contributed by atoms with van der Waals surface area (Å²) < 4.78 is 17.6. The van der Waals surface area contributed by atoms with E-state index in [1.807, 2.05) is 6.08 Å². The second kappa shape index (κ2) is 10.7. The Kier molecular flexibility index (Phi) is 10.6. The van der Waals surface area contributed by atoms with Gasteiger partial charge in [-0.15, -0.1) is 6.58 Å². The highest BCUT2D eigenvalue weighted by Crippen LogP contribution is 2.29. The molecule has 0 bridgehead atoms. The van der Waals surface area contributed by atoms with Gasteiger partial charge in [0.1, 0.15) is 0 Å². The van der Waals surface area contributed by atoms with Crippen molar-refractivity contribution in [1.82, 2.24) is 0 Å². The van der Waals surface area contributed by atoms with Crippen LogP contribution in [0.1, 0.15) is 52.9 Å². The molecule has 0 saturated carbocycles. The van der Waals surface area contributed by atoms with Gasteiger partial charge in [0.25, 0.3) is 5.97 Å². The molecule has 0 aliphatic heterocycles. The van der Waals surface area contributed by atoms with Crippen LogP contribution >= 0.6 is 0 Å². The van der Waals surface area contributed by atoms with Gasteiger partial charge in [0.15, 0.2) is 10.5 Å². The third kappa shape index (κ3) is 5.65. The van der Waals surface area contributed by atoms with Gasteiger partial charge in [-0.3, -0.25) is 0 Å². The lowest BCUT2D eigenvalue weighted by Crippen LogP contribution is -2.45. The van der Waals surface area contributed by atoms with Crippen LogP contribution in [0.3, 0.4) is 0 Å². The fourth-order valence-electron chi connectivity index (χ4n) is 1.80. The Hall–Kier alpha value is -0.163. The quantitative estimate of drug-likeness (QED) is 0.237. The van der Waals surface area contributed by atoms with Crippen molar-refractivity contribution in [2.24, 2.45) is 5.92 Å². The topological polar surface area (TPSA) is 27.7 Å². The molecule has 0 heterocycles. The number of rotatable bonds is 12. The first-order chi connectivity index (χ1) is 8.70. The summed E-state index contributed by atoms with van der Waals surface area (Å²) in [4.78, 5) is 0. The number of hydrogen-bond donors (Lipinski definition) is 0. The number of unbranched alkanes of at least 4 members (excludes halogenated alkanes) is 2. The monoisotopic (exact) mass is 274 g/mol. The molecule has 18 heavy (non-hydrogen) atoms. The number of ether oxygens (including phenoxy) is 2. The third-order valence-electron chi connectivity index (χ3n) is 3.07. The predicted octanol–water partition coefficient (Wildman–Crippen LogP) is 2.78. The SMILES string of the molecule is C=CC(CC)C(O[SiH3])(OCCCC)OCCCC. The predicted molar refractivity (Wildman–Crippen MR) is 79.5 cm³/mol. The zero-order chi connectivity index (χ0) is 13.9. The van der Waals surface area contributed by atoms with E-state index in [9.17, 15) is 0 Å². The highest BCUT2D eigenvalue weighted by Gasteiger charge is 2.38. The van der Waals surface area contributed by atoms with E-state index in [4.69, 9.17) is 13.9 Å². The molecule has 108 valence electrons. The van der Waals surface area contributed by atoms with Gasteiger partial charge in [-0.25, -0.2) is 0 Å². The van der Waals surface area contributed by atoms with E-state index in [1.165, 1.54) is 0 Å². The molecule has 0 amide bonds. The summed E-state index contributed by atoms with van der Waals surface area (Å²) in [6.45, 7) is 11.6. The lowest BCUT2D eigenvalue weighted by molar-refractivity contribution is -0.363. The average molecular weight is 274 g/mol. The summed E-state index contributed by atoms with van der Waals surface area (Å²) in [5.74, 6) is -0.809. The van der Waals surface area contributed by atoms with Gasteiger partial charge in [0.05, 0.1) is 19.1 Å². The van der Waals surface area contributed by atoms with E-state index in [2.05, 4.69) is 27.4 Å². The van der Waals surface area contributed by atoms with Crippen LogP contribution in [-0.2, 0) is 13.9 Å². The molecule has 1 unspecified atom stereocenters. The van der Waals surface area contributed by atoms with E-state index in [0.29, 0.717) is 23.7 Å². The van der Waals surface area contributed by atoms with Crippen LogP contribution in [0, 0.1) is 5.92 Å². The van der Waals surface area contributed by atoms with Gasteiger partial charge in [0.2, 0.25) is 0 Å². The molecule has 0 radical (unpaired) electrons. The van der Waals surface area contributed by atoms with Crippen molar-refractivity contribution >= 4 is 10.5 Å². The zero-order valence-electron chi connectivity index (χ0n) is 12.5. The van der Waals surface area contributed by atoms with Crippen molar-refractivity contribution in [3.63, 3.8) is 0 Å². The minimum Gasteiger partial charge on any atom is -0.380 e. The summed E-state index contributed by atoms with van der Waals surface area (Å²) in [5, 5.41) is 0. The Morgan fingerprint density at radius 2 is 1.61 bits per heavy atom. The molecule has 0 spiro atoms. The minimum absolute atomic E-state index is 0.0868. The Morgan fingerprint density at radius 1 is 1.11 bits per heavy atom. The van der Waals surface area contributed by atoms with Crippen molar-refractivity contribution in [3.05, 3.63) is 12.7 Å². The van der Waals surface area contributed by atoms with E-state index < -0.39 is 5.97 Å². The van der Waals surface area contributed by atoms with Crippen LogP contribution < -0.4 is 0 Å². The lowest BCUT2D eigenvalue weighted by atomic mass is 10.0. The molecule has 0 saturated heterocycles. The molecule has 1 atom stereocenters. The van der Waals surface area contributed by atoms with E-state index in [0.717, 1.165) is 32.1 Å². The maximum atomic E-state index is 5.93. The zero-order valence-corrected chi connectivity index (χ0v) is 14.5. The van der Waals surface area contributed by atoms with Crippen molar-refractivity contribution < 1.29 is 13.9 Å². The van der Waals surface area contributed by atoms with Gasteiger partial charge < -0.3 is 13.9 Å². The van der Waals surface area contributed by atoms with Crippen LogP contribution in [0.2, 0.25) is 0 Å². The van der Waals surface area contributed by atoms with Crippen molar-refractivity contribution in [2.75, 3.05) is 13.2 Å². The van der Waals surface area contributed by atoms with Crippen LogP contribution in [0.15, 0.2) is 12.7 Å². The summed E-state index contributed by atoms with van der Waals surface area (Å²) in [6, 6.07) is 0. The molecule has 0 fully saturated rings. The summed E-state index contributed by atoms with van der Waals surface area (Å²) >= 11 is 0. The van der Waals surface area contributed by atoms with Crippen molar-refractivity contribution in [2.45, 2.75) is 58.8 Å². The Morgan fingerprint density at radius 3 is 1.89 bits per heavy atom. The molecular formula is C14H30O3Si. The van der Waals surface area contributed by atoms with E-state index in [1.54, 1.807) is 0 Å². The highest BCUT2D eigenvalue weighted by atomic mass is 28.2. The van der Waals surface area contributed by atoms with Gasteiger partial charge in [-0.2, -0.15) is 0 Å². The molecule has 0 aromatic carbocycles. The summed E-state index contributed by atoms with van der Waals surface area (Å²) in [5.41, 5.74) is 0. The van der Waals surface area contributed by atoms with Crippen molar-refractivity contribution in [1.29, 1.82) is 0 Å². The average Bonchev–Trinajstić information content (AvgIpc) is 2.40. The van der Waals surface area contributed by atoms with Crippen LogP contribution in [0.5, 0.6) is 0 Å². The molecule has 3 nitrogen and oxygen atoms in total. The van der Waals surface area contributed by atoms with Crippen LogP contribution in [-0.4, -0.2) is 29.7 Å². The molecule has 0 aromatic rings. The molecule has 0 aliphatic rings. The normalized spacial score (nSPS) is 13.7. The third-order valence-corrected chi connectivity index (χ3v) is 3.63. The molecule has 0 rings (SSSR count). The van der Waals surface area contributed by atoms with Crippen LogP contribution in [0.4, 0.5) is 0 Å². The van der Waals surface area contributed by atoms with Gasteiger partial charge in [-0.1, -0.05) is 39.7 Å². The number of hydrogen-bond acceptors (Lipinski definition) is 3. The maximum Gasteiger partial charge on any atom is 0.279 e. The highest BCUT2D eigenvalue weighted by molar-refractivity contribution is 5.98. The fraction of sp³-hybridized carbons (Fsp3) is 0.857. The lowest BCUT2D eigenvalue weighted by Gasteiger charge is -2.37. The largest absolute Gasteiger partial charge is 0.380 e. The maximum absolute atomic E-state index is 5.93. The molecule has 0 aromatic heterocycles. The Balaban J connectivity index is 4.63. The van der Waals surface area contributed by atoms with E-state index in [-0.39, 0.29) is 5.92 Å². The summed E-state index contributed by atoms with van der Waals surface area (Å²) in [6.07, 6.45) is 7.06. The first-order valence-electron chi connectivity index (χ1n) is 7.16. The fourth-order valence-corrected chi connectivity index (χ4v) is 2.34. The molecule has 0 N–H and O–H groups in total. The second-order valence-electron chi connectivity index (χ2n) is 4.46. The Bertz CT molecular complexity index is 199. The van der Waals surface area contributed by atoms with E-state index >= 15 is 0 Å².